The lowest BCUT2D eigenvalue weighted by molar-refractivity contribution is -0.274. The summed E-state index contributed by atoms with van der Waals surface area (Å²) in [6.07, 6.45) is 0.0615. The molecule has 1 aromatic carbocycles. The summed E-state index contributed by atoms with van der Waals surface area (Å²) in [5.41, 5.74) is 0. The minimum Gasteiger partial charge on any atom is -0.426 e. The second kappa shape index (κ2) is 6.15. The van der Waals surface area contributed by atoms with E-state index in [9.17, 15) is 18.0 Å². The highest BCUT2D eigenvalue weighted by atomic mass is 19.4. The van der Waals surface area contributed by atoms with Gasteiger partial charge in [0.05, 0.1) is 5.92 Å². The molecule has 6 heteroatoms. The minimum atomic E-state index is -4.72. The van der Waals surface area contributed by atoms with Crippen molar-refractivity contribution in [3.63, 3.8) is 0 Å². The molecule has 0 amide bonds. The smallest absolute Gasteiger partial charge is 0.426 e. The summed E-state index contributed by atoms with van der Waals surface area (Å²) < 4.78 is 44.9. The number of hydrogen-bond acceptors (Lipinski definition) is 3. The zero-order valence-electron chi connectivity index (χ0n) is 10.8. The van der Waals surface area contributed by atoms with Gasteiger partial charge in [0, 0.05) is 0 Å². The first-order valence-corrected chi connectivity index (χ1v) is 6.51. The predicted molar refractivity (Wildman–Crippen MR) is 65.3 cm³/mol. The Morgan fingerprint density at radius 3 is 2.10 bits per heavy atom. The normalized spacial score (nSPS) is 16.8. The molecule has 0 aliphatic heterocycles. The summed E-state index contributed by atoms with van der Waals surface area (Å²) in [5.74, 6) is -0.519. The van der Waals surface area contributed by atoms with Crippen LogP contribution in [-0.4, -0.2) is 12.3 Å². The molecule has 1 aromatic rings. The molecule has 0 aromatic heterocycles. The van der Waals surface area contributed by atoms with Crippen molar-refractivity contribution in [1.82, 2.24) is 0 Å². The SMILES string of the molecule is O=C(Oc1ccc(OC(F)(F)F)cc1)C1CCCCC1. The third-order valence-electron chi connectivity index (χ3n) is 3.21. The van der Waals surface area contributed by atoms with Gasteiger partial charge < -0.3 is 9.47 Å². The van der Waals surface area contributed by atoms with Crippen molar-refractivity contribution < 1.29 is 27.4 Å². The van der Waals surface area contributed by atoms with Gasteiger partial charge in [-0.05, 0) is 37.1 Å². The average Bonchev–Trinajstić information content (AvgIpc) is 2.40. The van der Waals surface area contributed by atoms with Crippen molar-refractivity contribution in [1.29, 1.82) is 0 Å². The number of halogens is 3. The Morgan fingerprint density at radius 1 is 1.00 bits per heavy atom. The second-order valence-electron chi connectivity index (χ2n) is 4.78. The van der Waals surface area contributed by atoms with E-state index in [2.05, 4.69) is 4.74 Å². The van der Waals surface area contributed by atoms with Crippen LogP contribution < -0.4 is 9.47 Å². The van der Waals surface area contributed by atoms with Crippen molar-refractivity contribution in [3.05, 3.63) is 24.3 Å². The highest BCUT2D eigenvalue weighted by molar-refractivity contribution is 5.75. The molecule has 0 atom stereocenters. The predicted octanol–water partition coefficient (Wildman–Crippen LogP) is 4.07. The van der Waals surface area contributed by atoms with Gasteiger partial charge in [-0.3, -0.25) is 4.79 Å². The minimum absolute atomic E-state index is 0.102. The molecular weight excluding hydrogens is 273 g/mol. The van der Waals surface area contributed by atoms with Crippen LogP contribution in [0.5, 0.6) is 11.5 Å². The summed E-state index contributed by atoms with van der Waals surface area (Å²) in [6, 6.07) is 4.83. The van der Waals surface area contributed by atoms with E-state index in [4.69, 9.17) is 4.74 Å². The summed E-state index contributed by atoms with van der Waals surface area (Å²) in [4.78, 5) is 11.8. The number of alkyl halides is 3. The molecule has 0 heterocycles. The summed E-state index contributed by atoms with van der Waals surface area (Å²) >= 11 is 0. The molecule has 0 radical (unpaired) electrons. The number of rotatable bonds is 3. The Balaban J connectivity index is 1.91. The van der Waals surface area contributed by atoms with Gasteiger partial charge in [-0.1, -0.05) is 19.3 Å². The Hall–Kier alpha value is -1.72. The largest absolute Gasteiger partial charge is 0.573 e. The van der Waals surface area contributed by atoms with Gasteiger partial charge in [-0.25, -0.2) is 0 Å². The molecule has 1 fully saturated rings. The zero-order valence-corrected chi connectivity index (χ0v) is 10.8. The van der Waals surface area contributed by atoms with Crippen molar-refractivity contribution in [2.45, 2.75) is 38.5 Å². The lowest BCUT2D eigenvalue weighted by Crippen LogP contribution is -2.22. The summed E-state index contributed by atoms with van der Waals surface area (Å²) in [5, 5.41) is 0. The van der Waals surface area contributed by atoms with E-state index in [1.54, 1.807) is 0 Å². The van der Waals surface area contributed by atoms with Crippen LogP contribution in [-0.2, 0) is 4.79 Å². The molecule has 20 heavy (non-hydrogen) atoms. The fraction of sp³-hybridized carbons (Fsp3) is 0.500. The van der Waals surface area contributed by atoms with Gasteiger partial charge in [0.25, 0.3) is 0 Å². The van der Waals surface area contributed by atoms with Crippen LogP contribution >= 0.6 is 0 Å². The number of ether oxygens (including phenoxy) is 2. The van der Waals surface area contributed by atoms with Gasteiger partial charge in [-0.2, -0.15) is 0 Å². The first kappa shape index (κ1) is 14.7. The van der Waals surface area contributed by atoms with Crippen LogP contribution in [0.15, 0.2) is 24.3 Å². The van der Waals surface area contributed by atoms with E-state index in [-0.39, 0.29) is 23.4 Å². The summed E-state index contributed by atoms with van der Waals surface area (Å²) in [6.45, 7) is 0. The third kappa shape index (κ3) is 4.43. The third-order valence-corrected chi connectivity index (χ3v) is 3.21. The Morgan fingerprint density at radius 2 is 1.55 bits per heavy atom. The topological polar surface area (TPSA) is 35.5 Å². The van der Waals surface area contributed by atoms with Gasteiger partial charge in [0.2, 0.25) is 0 Å². The highest BCUT2D eigenvalue weighted by Crippen LogP contribution is 2.27. The van der Waals surface area contributed by atoms with Crippen LogP contribution in [0, 0.1) is 5.92 Å². The molecule has 0 bridgehead atoms. The molecule has 0 spiro atoms. The standard InChI is InChI=1S/C14H15F3O3/c15-14(16,17)20-12-8-6-11(7-9-12)19-13(18)10-4-2-1-3-5-10/h6-10H,1-5H2. The highest BCUT2D eigenvalue weighted by Gasteiger charge is 2.31. The molecule has 110 valence electrons. The maximum Gasteiger partial charge on any atom is 0.573 e. The molecule has 0 saturated heterocycles. The molecule has 0 N–H and O–H groups in total. The van der Waals surface area contributed by atoms with E-state index in [1.807, 2.05) is 0 Å². The van der Waals surface area contributed by atoms with Gasteiger partial charge in [-0.15, -0.1) is 13.2 Å². The fourth-order valence-corrected chi connectivity index (χ4v) is 2.25. The molecule has 1 aliphatic rings. The van der Waals surface area contributed by atoms with E-state index >= 15 is 0 Å². The molecule has 3 nitrogen and oxygen atoms in total. The van der Waals surface area contributed by atoms with E-state index < -0.39 is 6.36 Å². The van der Waals surface area contributed by atoms with Crippen LogP contribution in [0.4, 0.5) is 13.2 Å². The molecule has 1 aliphatic carbocycles. The number of hydrogen-bond donors (Lipinski definition) is 0. The Labute approximate surface area is 114 Å². The van der Waals surface area contributed by atoms with Crippen molar-refractivity contribution in [2.24, 2.45) is 5.92 Å². The van der Waals surface area contributed by atoms with Gasteiger partial charge >= 0.3 is 12.3 Å². The molecule has 0 unspecified atom stereocenters. The van der Waals surface area contributed by atoms with Crippen LogP contribution in [0.2, 0.25) is 0 Å². The summed E-state index contributed by atoms with van der Waals surface area (Å²) in [7, 11) is 0. The number of esters is 1. The lowest BCUT2D eigenvalue weighted by Gasteiger charge is -2.19. The molecule has 1 saturated carbocycles. The van der Waals surface area contributed by atoms with E-state index in [0.717, 1.165) is 44.2 Å². The molecular formula is C14H15F3O3. The number of carbonyl (C=O) groups is 1. The fourth-order valence-electron chi connectivity index (χ4n) is 2.25. The number of benzene rings is 1. The first-order chi connectivity index (χ1) is 9.44. The van der Waals surface area contributed by atoms with E-state index in [1.165, 1.54) is 12.1 Å². The number of carbonyl (C=O) groups excluding carboxylic acids is 1. The van der Waals surface area contributed by atoms with Crippen molar-refractivity contribution in [2.75, 3.05) is 0 Å². The van der Waals surface area contributed by atoms with Crippen LogP contribution in [0.25, 0.3) is 0 Å². The Kier molecular flexibility index (Phi) is 4.52. The van der Waals surface area contributed by atoms with Gasteiger partial charge in [0.15, 0.2) is 0 Å². The molecule has 2 rings (SSSR count). The van der Waals surface area contributed by atoms with Gasteiger partial charge in [0.1, 0.15) is 11.5 Å². The van der Waals surface area contributed by atoms with E-state index in [0.29, 0.717) is 0 Å². The first-order valence-electron chi connectivity index (χ1n) is 6.51. The maximum absolute atomic E-state index is 12.0. The lowest BCUT2D eigenvalue weighted by atomic mass is 9.89. The van der Waals surface area contributed by atoms with Crippen LogP contribution in [0.3, 0.4) is 0 Å². The average molecular weight is 288 g/mol. The monoisotopic (exact) mass is 288 g/mol. The van der Waals surface area contributed by atoms with Crippen molar-refractivity contribution >= 4 is 5.97 Å². The van der Waals surface area contributed by atoms with Crippen molar-refractivity contribution in [3.8, 4) is 11.5 Å². The maximum atomic E-state index is 12.0. The quantitative estimate of drug-likeness (QED) is 0.621. The zero-order chi connectivity index (χ0) is 14.6. The second-order valence-corrected chi connectivity index (χ2v) is 4.78. The van der Waals surface area contributed by atoms with Crippen LogP contribution in [0.1, 0.15) is 32.1 Å². The Bertz CT molecular complexity index is 448.